The van der Waals surface area contributed by atoms with Gasteiger partial charge in [0, 0.05) is 25.9 Å². The van der Waals surface area contributed by atoms with E-state index < -0.39 is 0 Å². The van der Waals surface area contributed by atoms with Crippen LogP contribution in [0.1, 0.15) is 16.1 Å². The van der Waals surface area contributed by atoms with Crippen LogP contribution in [-0.4, -0.2) is 14.8 Å². The Labute approximate surface area is 115 Å². The Morgan fingerprint density at radius 3 is 2.55 bits per heavy atom. The number of rotatable bonds is 3. The molecule has 0 unspecified atom stereocenters. The number of ketones is 1. The fourth-order valence-corrected chi connectivity index (χ4v) is 2.30. The summed E-state index contributed by atoms with van der Waals surface area (Å²) in [5.41, 5.74) is 1.93. The highest BCUT2D eigenvalue weighted by Crippen LogP contribution is 2.10. The predicted molar refractivity (Wildman–Crippen MR) is 77.1 cm³/mol. The van der Waals surface area contributed by atoms with Crippen LogP contribution < -0.4 is 5.56 Å². The third-order valence-corrected chi connectivity index (χ3v) is 3.39. The Morgan fingerprint density at radius 1 is 1.05 bits per heavy atom. The quantitative estimate of drug-likeness (QED) is 0.681. The van der Waals surface area contributed by atoms with E-state index in [2.05, 4.69) is 0 Å². The molecule has 1 aromatic carbocycles. The second-order valence-electron chi connectivity index (χ2n) is 4.77. The smallest absolute Gasteiger partial charge is 0.274 e. The van der Waals surface area contributed by atoms with Gasteiger partial charge in [-0.2, -0.15) is 0 Å². The van der Waals surface area contributed by atoms with E-state index in [0.717, 1.165) is 5.56 Å². The van der Waals surface area contributed by atoms with Crippen LogP contribution in [0.15, 0.2) is 59.7 Å². The maximum atomic E-state index is 12.4. The van der Waals surface area contributed by atoms with Crippen molar-refractivity contribution in [2.24, 2.45) is 7.05 Å². The topological polar surface area (TPSA) is 43.5 Å². The van der Waals surface area contributed by atoms with E-state index in [4.69, 9.17) is 0 Å². The predicted octanol–water partition coefficient (Wildman–Crippen LogP) is 2.06. The maximum Gasteiger partial charge on any atom is 0.274 e. The molecule has 2 aromatic heterocycles. The molecule has 4 nitrogen and oxygen atoms in total. The molecular formula is C16H14N2O2. The monoisotopic (exact) mass is 266 g/mol. The fourth-order valence-electron chi connectivity index (χ4n) is 2.30. The van der Waals surface area contributed by atoms with E-state index in [1.807, 2.05) is 30.3 Å². The van der Waals surface area contributed by atoms with Gasteiger partial charge in [0.15, 0.2) is 5.78 Å². The molecule has 4 heteroatoms. The SMILES string of the molecule is Cn1ccn2c(C(=O)Cc3ccccc3)ccc2c1=O. The summed E-state index contributed by atoms with van der Waals surface area (Å²) in [6.45, 7) is 0. The van der Waals surface area contributed by atoms with Crippen molar-refractivity contribution in [2.45, 2.75) is 6.42 Å². The molecule has 0 aliphatic rings. The minimum absolute atomic E-state index is 0.00412. The van der Waals surface area contributed by atoms with Crippen molar-refractivity contribution in [3.05, 3.63) is 76.5 Å². The first kappa shape index (κ1) is 12.4. The van der Waals surface area contributed by atoms with Gasteiger partial charge in [0.25, 0.3) is 5.56 Å². The molecule has 20 heavy (non-hydrogen) atoms. The van der Waals surface area contributed by atoms with E-state index in [1.54, 1.807) is 36.0 Å². The van der Waals surface area contributed by atoms with Gasteiger partial charge >= 0.3 is 0 Å². The summed E-state index contributed by atoms with van der Waals surface area (Å²) >= 11 is 0. The van der Waals surface area contributed by atoms with Crippen LogP contribution in [-0.2, 0) is 13.5 Å². The number of hydrogen-bond donors (Lipinski definition) is 0. The summed E-state index contributed by atoms with van der Waals surface area (Å²) in [6.07, 6.45) is 3.74. The second-order valence-corrected chi connectivity index (χ2v) is 4.77. The van der Waals surface area contributed by atoms with Gasteiger partial charge in [-0.05, 0) is 17.7 Å². The number of aryl methyl sites for hydroxylation is 1. The number of Topliss-reactive ketones (excluding diaryl/α,β-unsaturated/α-hetero) is 1. The molecule has 0 atom stereocenters. The van der Waals surface area contributed by atoms with Crippen molar-refractivity contribution in [2.75, 3.05) is 0 Å². The van der Waals surface area contributed by atoms with Crippen LogP contribution in [0.3, 0.4) is 0 Å². The molecule has 3 rings (SSSR count). The number of hydrogen-bond acceptors (Lipinski definition) is 2. The van der Waals surface area contributed by atoms with Gasteiger partial charge in [-0.25, -0.2) is 0 Å². The Morgan fingerprint density at radius 2 is 1.80 bits per heavy atom. The van der Waals surface area contributed by atoms with Crippen molar-refractivity contribution in [3.8, 4) is 0 Å². The number of carbonyl (C=O) groups is 1. The summed E-state index contributed by atoms with van der Waals surface area (Å²) in [6, 6.07) is 13.0. The molecule has 0 N–H and O–H groups in total. The average Bonchev–Trinajstić information content (AvgIpc) is 2.89. The summed E-state index contributed by atoms with van der Waals surface area (Å²) in [5.74, 6) is 0.00412. The van der Waals surface area contributed by atoms with Crippen LogP contribution in [0.2, 0.25) is 0 Å². The summed E-state index contributed by atoms with van der Waals surface area (Å²) < 4.78 is 3.16. The van der Waals surface area contributed by atoms with Gasteiger partial charge in [-0.1, -0.05) is 30.3 Å². The molecule has 0 aliphatic carbocycles. The normalized spacial score (nSPS) is 10.8. The number of benzene rings is 1. The molecular weight excluding hydrogens is 252 g/mol. The minimum atomic E-state index is -0.105. The number of fused-ring (bicyclic) bond motifs is 1. The third kappa shape index (κ3) is 2.05. The van der Waals surface area contributed by atoms with Crippen LogP contribution in [0, 0.1) is 0 Å². The van der Waals surface area contributed by atoms with Crippen molar-refractivity contribution in [1.82, 2.24) is 8.97 Å². The van der Waals surface area contributed by atoms with Gasteiger partial charge in [-0.3, -0.25) is 9.59 Å². The standard InChI is InChI=1S/C16H14N2O2/c1-17-9-10-18-13(7-8-14(18)16(17)20)15(19)11-12-5-3-2-4-6-12/h2-10H,11H2,1H3. The maximum absolute atomic E-state index is 12.4. The van der Waals surface area contributed by atoms with E-state index in [9.17, 15) is 9.59 Å². The van der Waals surface area contributed by atoms with Gasteiger partial charge in [0.1, 0.15) is 5.52 Å². The molecule has 0 radical (unpaired) electrons. The molecule has 0 bridgehead atoms. The summed E-state index contributed by atoms with van der Waals surface area (Å²) in [4.78, 5) is 24.3. The molecule has 0 saturated carbocycles. The molecule has 2 heterocycles. The van der Waals surface area contributed by atoms with Crippen LogP contribution in [0.5, 0.6) is 0 Å². The lowest BCUT2D eigenvalue weighted by Gasteiger charge is -2.04. The average molecular weight is 266 g/mol. The zero-order valence-electron chi connectivity index (χ0n) is 11.1. The Balaban J connectivity index is 2.01. The Hall–Kier alpha value is -2.62. The first-order valence-corrected chi connectivity index (χ1v) is 6.40. The lowest BCUT2D eigenvalue weighted by Crippen LogP contribution is -2.18. The molecule has 0 amide bonds. The molecule has 0 aliphatic heterocycles. The second kappa shape index (κ2) is 4.81. The van der Waals surface area contributed by atoms with Crippen LogP contribution in [0.4, 0.5) is 0 Å². The summed E-state index contributed by atoms with van der Waals surface area (Å²) in [5, 5.41) is 0. The molecule has 0 fully saturated rings. The van der Waals surface area contributed by atoms with Crippen molar-refractivity contribution >= 4 is 11.3 Å². The highest BCUT2D eigenvalue weighted by molar-refractivity contribution is 5.97. The lowest BCUT2D eigenvalue weighted by atomic mass is 10.1. The van der Waals surface area contributed by atoms with E-state index >= 15 is 0 Å². The highest BCUT2D eigenvalue weighted by atomic mass is 16.1. The molecule has 0 spiro atoms. The largest absolute Gasteiger partial charge is 0.315 e. The van der Waals surface area contributed by atoms with Gasteiger partial charge in [-0.15, -0.1) is 0 Å². The fraction of sp³-hybridized carbons (Fsp3) is 0.125. The molecule has 100 valence electrons. The first-order valence-electron chi connectivity index (χ1n) is 6.40. The van der Waals surface area contributed by atoms with Crippen molar-refractivity contribution in [1.29, 1.82) is 0 Å². The Bertz CT molecular complexity index is 829. The van der Waals surface area contributed by atoms with E-state index in [0.29, 0.717) is 17.6 Å². The minimum Gasteiger partial charge on any atom is -0.315 e. The van der Waals surface area contributed by atoms with Crippen molar-refractivity contribution in [3.63, 3.8) is 0 Å². The summed E-state index contributed by atoms with van der Waals surface area (Å²) in [7, 11) is 1.70. The number of aromatic nitrogens is 2. The zero-order valence-corrected chi connectivity index (χ0v) is 11.1. The van der Waals surface area contributed by atoms with Gasteiger partial charge in [0.05, 0.1) is 5.69 Å². The van der Waals surface area contributed by atoms with Crippen LogP contribution >= 0.6 is 0 Å². The van der Waals surface area contributed by atoms with E-state index in [1.165, 1.54) is 4.57 Å². The zero-order chi connectivity index (χ0) is 14.1. The third-order valence-electron chi connectivity index (χ3n) is 3.39. The van der Waals surface area contributed by atoms with Gasteiger partial charge < -0.3 is 8.97 Å². The number of carbonyl (C=O) groups excluding carboxylic acids is 1. The van der Waals surface area contributed by atoms with Crippen molar-refractivity contribution < 1.29 is 4.79 Å². The lowest BCUT2D eigenvalue weighted by molar-refractivity contribution is 0.0987. The van der Waals surface area contributed by atoms with Gasteiger partial charge in [0.2, 0.25) is 0 Å². The molecule has 0 saturated heterocycles. The molecule has 3 aromatic rings. The van der Waals surface area contributed by atoms with E-state index in [-0.39, 0.29) is 11.3 Å². The first-order chi connectivity index (χ1) is 9.66. The highest BCUT2D eigenvalue weighted by Gasteiger charge is 2.13. The Kier molecular flexibility index (Phi) is 2.99. The van der Waals surface area contributed by atoms with Crippen LogP contribution in [0.25, 0.3) is 5.52 Å². The number of nitrogens with zero attached hydrogens (tertiary/aromatic N) is 2.